The fourth-order valence-corrected chi connectivity index (χ4v) is 5.66. The van der Waals surface area contributed by atoms with Gasteiger partial charge in [-0.05, 0) is 45.3 Å². The van der Waals surface area contributed by atoms with Gasteiger partial charge in [0.1, 0.15) is 0 Å². The highest BCUT2D eigenvalue weighted by Gasteiger charge is 2.50. The highest BCUT2D eigenvalue weighted by molar-refractivity contribution is 5.95. The molecule has 2 aliphatic heterocycles. The molecule has 3 fully saturated rings. The molecule has 1 spiro atoms. The smallest absolute Gasteiger partial charge is 0.322 e. The molecule has 3 aliphatic rings. The number of nitrogens with one attached hydrogen (secondary N) is 2. The number of anilines is 1. The van der Waals surface area contributed by atoms with Gasteiger partial charge >= 0.3 is 6.03 Å². The van der Waals surface area contributed by atoms with Crippen LogP contribution < -0.4 is 15.5 Å². The minimum Gasteiger partial charge on any atom is -0.333 e. The van der Waals surface area contributed by atoms with Crippen LogP contribution in [0.25, 0.3) is 0 Å². The quantitative estimate of drug-likeness (QED) is 0.719. The number of urea groups is 1. The average molecular weight is 464 g/mol. The van der Waals surface area contributed by atoms with Crippen LogP contribution in [0.4, 0.5) is 10.5 Å². The standard InChI is InChI=1S/C25H33N7O2/c1-30(2)25(19-6-4-3-5-7-19)10-8-24(9-11-25)18-32(23(34)29-24)20-16-27-21(28-17-20)22(33)31-14-12-26-13-15-31/h3-7,16-17,26H,8-15,18H2,1-2H3,(H,29,34)/t24-,25-. The number of rotatable bonds is 4. The van der Waals surface area contributed by atoms with Crippen molar-refractivity contribution >= 4 is 17.6 Å². The SMILES string of the molecule is CN(C)[C@]1(c2ccccc2)CC[C@@]2(CC1)CN(c1cnc(C(=O)N3CCNCC3)nc1)C(=O)N2. The Morgan fingerprint density at radius 1 is 1.00 bits per heavy atom. The summed E-state index contributed by atoms with van der Waals surface area (Å²) in [7, 11) is 4.29. The Labute approximate surface area is 200 Å². The molecule has 0 unspecified atom stereocenters. The van der Waals surface area contributed by atoms with E-state index in [9.17, 15) is 9.59 Å². The van der Waals surface area contributed by atoms with Crippen molar-refractivity contribution in [3.8, 4) is 0 Å². The zero-order chi connectivity index (χ0) is 23.8. The predicted molar refractivity (Wildman–Crippen MR) is 130 cm³/mol. The summed E-state index contributed by atoms with van der Waals surface area (Å²) in [4.78, 5) is 40.0. The summed E-state index contributed by atoms with van der Waals surface area (Å²) in [5, 5.41) is 6.50. The van der Waals surface area contributed by atoms with Crippen molar-refractivity contribution in [1.82, 2.24) is 30.4 Å². The van der Waals surface area contributed by atoms with Crippen molar-refractivity contribution in [3.05, 3.63) is 54.1 Å². The van der Waals surface area contributed by atoms with Gasteiger partial charge in [0.25, 0.3) is 5.91 Å². The zero-order valence-corrected chi connectivity index (χ0v) is 20.0. The minimum atomic E-state index is -0.263. The highest BCUT2D eigenvalue weighted by atomic mass is 16.2. The molecular weight excluding hydrogens is 430 g/mol. The van der Waals surface area contributed by atoms with Gasteiger partial charge in [-0.15, -0.1) is 0 Å². The zero-order valence-electron chi connectivity index (χ0n) is 20.0. The Morgan fingerprint density at radius 2 is 1.65 bits per heavy atom. The molecule has 3 amide bonds. The van der Waals surface area contributed by atoms with E-state index in [1.807, 2.05) is 0 Å². The largest absolute Gasteiger partial charge is 0.333 e. The van der Waals surface area contributed by atoms with Gasteiger partial charge in [0.15, 0.2) is 0 Å². The third kappa shape index (κ3) is 4.03. The van der Waals surface area contributed by atoms with Crippen molar-refractivity contribution in [2.75, 3.05) is 51.7 Å². The van der Waals surface area contributed by atoms with Crippen molar-refractivity contribution in [2.24, 2.45) is 0 Å². The summed E-state index contributed by atoms with van der Waals surface area (Å²) < 4.78 is 0. The molecule has 2 aromatic rings. The summed E-state index contributed by atoms with van der Waals surface area (Å²) in [5.74, 6) is 0.0138. The van der Waals surface area contributed by atoms with Gasteiger partial charge in [-0.3, -0.25) is 14.6 Å². The summed E-state index contributed by atoms with van der Waals surface area (Å²) in [5.41, 5.74) is 1.66. The van der Waals surface area contributed by atoms with Crippen LogP contribution in [0.5, 0.6) is 0 Å². The van der Waals surface area contributed by atoms with Gasteiger partial charge in [-0.1, -0.05) is 30.3 Å². The molecule has 9 nitrogen and oxygen atoms in total. The lowest BCUT2D eigenvalue weighted by atomic mass is 9.69. The average Bonchev–Trinajstić information content (AvgIpc) is 3.20. The molecule has 0 radical (unpaired) electrons. The molecule has 3 heterocycles. The van der Waals surface area contributed by atoms with Crippen LogP contribution >= 0.6 is 0 Å². The van der Waals surface area contributed by atoms with E-state index >= 15 is 0 Å². The lowest BCUT2D eigenvalue weighted by Gasteiger charge is -2.48. The summed E-state index contributed by atoms with van der Waals surface area (Å²) in [6.07, 6.45) is 6.90. The van der Waals surface area contributed by atoms with E-state index in [0.717, 1.165) is 38.8 Å². The van der Waals surface area contributed by atoms with E-state index in [2.05, 4.69) is 69.9 Å². The molecule has 0 atom stereocenters. The number of carbonyl (C=O) groups is 2. The Hall–Kier alpha value is -3.04. The van der Waals surface area contributed by atoms with Gasteiger partial charge in [0.2, 0.25) is 5.82 Å². The van der Waals surface area contributed by atoms with E-state index in [-0.39, 0.29) is 28.8 Å². The maximum Gasteiger partial charge on any atom is 0.322 e. The van der Waals surface area contributed by atoms with Crippen LogP contribution in [-0.4, -0.2) is 84.1 Å². The first-order valence-corrected chi connectivity index (χ1v) is 12.1. The first-order chi connectivity index (χ1) is 16.4. The molecular formula is C25H33N7O2. The first kappa shape index (κ1) is 22.7. The monoisotopic (exact) mass is 463 g/mol. The molecule has 2 N–H and O–H groups in total. The summed E-state index contributed by atoms with van der Waals surface area (Å²) in [6.45, 7) is 3.44. The third-order valence-corrected chi connectivity index (χ3v) is 7.82. The summed E-state index contributed by atoms with van der Waals surface area (Å²) in [6, 6.07) is 10.5. The maximum atomic E-state index is 12.9. The van der Waals surface area contributed by atoms with E-state index in [0.29, 0.717) is 25.3 Å². The number of hydrogen-bond acceptors (Lipinski definition) is 6. The Balaban J connectivity index is 1.28. The van der Waals surface area contributed by atoms with E-state index in [1.165, 1.54) is 5.56 Å². The number of piperazine rings is 1. The van der Waals surface area contributed by atoms with Crippen LogP contribution in [0.1, 0.15) is 41.9 Å². The molecule has 9 heteroatoms. The Kier molecular flexibility index (Phi) is 5.99. The van der Waals surface area contributed by atoms with Gasteiger partial charge in [0, 0.05) is 31.7 Å². The van der Waals surface area contributed by atoms with Crippen molar-refractivity contribution < 1.29 is 9.59 Å². The second kappa shape index (κ2) is 8.96. The van der Waals surface area contributed by atoms with E-state index < -0.39 is 0 Å². The summed E-state index contributed by atoms with van der Waals surface area (Å²) >= 11 is 0. The molecule has 2 saturated heterocycles. The van der Waals surface area contributed by atoms with Gasteiger partial charge in [-0.25, -0.2) is 14.8 Å². The molecule has 5 rings (SSSR count). The number of carbonyl (C=O) groups excluding carboxylic acids is 2. The third-order valence-electron chi connectivity index (χ3n) is 7.82. The number of aromatic nitrogens is 2. The van der Waals surface area contributed by atoms with Crippen LogP contribution in [0, 0.1) is 0 Å². The molecule has 34 heavy (non-hydrogen) atoms. The van der Waals surface area contributed by atoms with E-state index in [4.69, 9.17) is 0 Å². The van der Waals surface area contributed by atoms with Crippen LogP contribution in [-0.2, 0) is 5.54 Å². The molecule has 1 saturated carbocycles. The van der Waals surface area contributed by atoms with Gasteiger partial charge in [-0.2, -0.15) is 0 Å². The fraction of sp³-hybridized carbons (Fsp3) is 0.520. The Morgan fingerprint density at radius 3 is 2.26 bits per heavy atom. The minimum absolute atomic E-state index is 0.0280. The van der Waals surface area contributed by atoms with Crippen LogP contribution in [0.2, 0.25) is 0 Å². The van der Waals surface area contributed by atoms with Crippen LogP contribution in [0.3, 0.4) is 0 Å². The molecule has 1 aromatic heterocycles. The number of amides is 3. The topological polar surface area (TPSA) is 93.7 Å². The first-order valence-electron chi connectivity index (χ1n) is 12.1. The lowest BCUT2D eigenvalue weighted by molar-refractivity contribution is 0.0657. The predicted octanol–water partition coefficient (Wildman–Crippen LogP) is 1.82. The normalized spacial score (nSPS) is 27.3. The highest BCUT2D eigenvalue weighted by Crippen LogP contribution is 2.46. The van der Waals surface area contributed by atoms with Crippen molar-refractivity contribution in [2.45, 2.75) is 36.8 Å². The molecule has 1 aliphatic carbocycles. The fourth-order valence-electron chi connectivity index (χ4n) is 5.66. The van der Waals surface area contributed by atoms with Crippen LogP contribution in [0.15, 0.2) is 42.7 Å². The Bertz CT molecular complexity index is 1030. The van der Waals surface area contributed by atoms with E-state index in [1.54, 1.807) is 22.2 Å². The lowest BCUT2D eigenvalue weighted by Crippen LogP contribution is -2.54. The van der Waals surface area contributed by atoms with Gasteiger partial charge < -0.3 is 15.5 Å². The maximum absolute atomic E-state index is 12.9. The van der Waals surface area contributed by atoms with Crippen molar-refractivity contribution in [3.63, 3.8) is 0 Å². The number of nitrogens with zero attached hydrogens (tertiary/aromatic N) is 5. The molecule has 0 bridgehead atoms. The second-order valence-corrected chi connectivity index (χ2v) is 9.90. The molecule has 1 aromatic carbocycles. The molecule has 180 valence electrons. The van der Waals surface area contributed by atoms with Gasteiger partial charge in [0.05, 0.1) is 30.2 Å². The second-order valence-electron chi connectivity index (χ2n) is 9.90. The number of hydrogen-bond donors (Lipinski definition) is 2. The number of benzene rings is 1. The van der Waals surface area contributed by atoms with Crippen molar-refractivity contribution in [1.29, 1.82) is 0 Å².